The normalized spacial score (nSPS) is 37.7. The van der Waals surface area contributed by atoms with E-state index in [1.807, 2.05) is 0 Å². The summed E-state index contributed by atoms with van der Waals surface area (Å²) in [5.41, 5.74) is 3.23. The quantitative estimate of drug-likeness (QED) is 0.640. The third kappa shape index (κ3) is 4.24. The second-order valence-electron chi connectivity index (χ2n) is 8.06. The van der Waals surface area contributed by atoms with Crippen LogP contribution in [0.5, 0.6) is 0 Å². The first-order valence-corrected chi connectivity index (χ1v) is 8.86. The number of rotatable bonds is 1. The summed E-state index contributed by atoms with van der Waals surface area (Å²) in [5, 5.41) is 9.53. The second kappa shape index (κ2) is 7.02. The molecule has 1 saturated carbocycles. The monoisotopic (exact) mass is 304 g/mol. The third-order valence-electron chi connectivity index (χ3n) is 6.06. The van der Waals surface area contributed by atoms with Crippen LogP contribution in [-0.2, 0) is 4.79 Å². The lowest BCUT2D eigenvalue weighted by molar-refractivity contribution is -0.142. The summed E-state index contributed by atoms with van der Waals surface area (Å²) < 4.78 is 0. The highest BCUT2D eigenvalue weighted by Crippen LogP contribution is 2.63. The van der Waals surface area contributed by atoms with Crippen molar-refractivity contribution in [1.29, 1.82) is 0 Å². The van der Waals surface area contributed by atoms with E-state index in [9.17, 15) is 9.90 Å². The van der Waals surface area contributed by atoms with Gasteiger partial charge in [0.25, 0.3) is 0 Å². The van der Waals surface area contributed by atoms with Gasteiger partial charge in [-0.05, 0) is 76.0 Å². The van der Waals surface area contributed by atoms with Crippen LogP contribution in [0.4, 0.5) is 0 Å². The van der Waals surface area contributed by atoms with Gasteiger partial charge in [-0.1, -0.05) is 37.1 Å². The SMILES string of the molecule is C/C1=C\CCC(C(=O)O)C[C@@H]2[C@@H](CC/C(C)=C/CC1)C2(C)C. The molecule has 0 bridgehead atoms. The molecule has 124 valence electrons. The zero-order chi connectivity index (χ0) is 16.3. The molecule has 0 aromatic carbocycles. The molecule has 2 aliphatic carbocycles. The Morgan fingerprint density at radius 2 is 1.68 bits per heavy atom. The second-order valence-corrected chi connectivity index (χ2v) is 8.06. The van der Waals surface area contributed by atoms with Crippen molar-refractivity contribution in [3.63, 3.8) is 0 Å². The van der Waals surface area contributed by atoms with Gasteiger partial charge in [-0.25, -0.2) is 0 Å². The molecule has 1 N–H and O–H groups in total. The van der Waals surface area contributed by atoms with Crippen LogP contribution in [0.1, 0.15) is 72.6 Å². The van der Waals surface area contributed by atoms with Crippen molar-refractivity contribution >= 4 is 5.97 Å². The highest BCUT2D eigenvalue weighted by atomic mass is 16.4. The lowest BCUT2D eigenvalue weighted by Crippen LogP contribution is -2.15. The van der Waals surface area contributed by atoms with Gasteiger partial charge in [-0.15, -0.1) is 0 Å². The number of hydrogen-bond donors (Lipinski definition) is 1. The van der Waals surface area contributed by atoms with Gasteiger partial charge in [-0.3, -0.25) is 4.79 Å². The van der Waals surface area contributed by atoms with Crippen molar-refractivity contribution in [2.24, 2.45) is 23.2 Å². The van der Waals surface area contributed by atoms with Gasteiger partial charge >= 0.3 is 5.97 Å². The average molecular weight is 304 g/mol. The van der Waals surface area contributed by atoms with E-state index in [1.165, 1.54) is 24.0 Å². The van der Waals surface area contributed by atoms with Crippen LogP contribution >= 0.6 is 0 Å². The predicted molar refractivity (Wildman–Crippen MR) is 91.7 cm³/mol. The fourth-order valence-corrected chi connectivity index (χ4v) is 4.21. The number of hydrogen-bond acceptors (Lipinski definition) is 1. The van der Waals surface area contributed by atoms with Crippen LogP contribution in [-0.4, -0.2) is 11.1 Å². The molecular formula is C20H32O2. The minimum absolute atomic E-state index is 0.169. The first kappa shape index (κ1) is 17.3. The van der Waals surface area contributed by atoms with Crippen molar-refractivity contribution in [3.8, 4) is 0 Å². The third-order valence-corrected chi connectivity index (χ3v) is 6.06. The first-order valence-electron chi connectivity index (χ1n) is 8.86. The van der Waals surface area contributed by atoms with Crippen LogP contribution in [0.2, 0.25) is 0 Å². The summed E-state index contributed by atoms with van der Waals surface area (Å²) in [4.78, 5) is 11.6. The minimum Gasteiger partial charge on any atom is -0.481 e. The molecule has 0 aliphatic heterocycles. The van der Waals surface area contributed by atoms with Crippen LogP contribution in [0.25, 0.3) is 0 Å². The Bertz CT molecular complexity index is 470. The number of aliphatic carboxylic acids is 1. The van der Waals surface area contributed by atoms with Gasteiger partial charge in [0, 0.05) is 0 Å². The summed E-state index contributed by atoms with van der Waals surface area (Å²) >= 11 is 0. The molecule has 0 saturated heterocycles. The van der Waals surface area contributed by atoms with Gasteiger partial charge in [-0.2, -0.15) is 0 Å². The fraction of sp³-hybridized carbons (Fsp3) is 0.750. The Kier molecular flexibility index (Phi) is 5.52. The molecule has 0 aromatic heterocycles. The van der Waals surface area contributed by atoms with E-state index in [-0.39, 0.29) is 5.92 Å². The molecule has 2 aliphatic rings. The van der Waals surface area contributed by atoms with Gasteiger partial charge in [0.2, 0.25) is 0 Å². The topological polar surface area (TPSA) is 37.3 Å². The largest absolute Gasteiger partial charge is 0.481 e. The molecule has 2 nitrogen and oxygen atoms in total. The van der Waals surface area contributed by atoms with E-state index in [2.05, 4.69) is 39.8 Å². The smallest absolute Gasteiger partial charge is 0.306 e. The molecule has 0 amide bonds. The molecule has 3 atom stereocenters. The maximum Gasteiger partial charge on any atom is 0.306 e. The van der Waals surface area contributed by atoms with Crippen LogP contribution in [0, 0.1) is 23.2 Å². The van der Waals surface area contributed by atoms with Crippen molar-refractivity contribution < 1.29 is 9.90 Å². The summed E-state index contributed by atoms with van der Waals surface area (Å²) in [5.74, 6) is 0.529. The zero-order valence-electron chi connectivity index (χ0n) is 14.7. The molecule has 2 heteroatoms. The molecule has 1 unspecified atom stereocenters. The van der Waals surface area contributed by atoms with Gasteiger partial charge in [0.1, 0.15) is 0 Å². The minimum atomic E-state index is -0.601. The Labute approximate surface area is 135 Å². The first-order chi connectivity index (χ1) is 10.3. The van der Waals surface area contributed by atoms with Gasteiger partial charge < -0.3 is 5.11 Å². The molecule has 0 heterocycles. The van der Waals surface area contributed by atoms with Crippen LogP contribution in [0.3, 0.4) is 0 Å². The van der Waals surface area contributed by atoms with E-state index in [4.69, 9.17) is 0 Å². The summed E-state index contributed by atoms with van der Waals surface area (Å²) in [6.45, 7) is 9.06. The van der Waals surface area contributed by atoms with Crippen molar-refractivity contribution in [2.45, 2.75) is 72.6 Å². The number of allylic oxidation sites excluding steroid dienone is 4. The van der Waals surface area contributed by atoms with Crippen molar-refractivity contribution in [3.05, 3.63) is 23.3 Å². The summed E-state index contributed by atoms with van der Waals surface area (Å²) in [6, 6.07) is 0. The molecule has 0 spiro atoms. The lowest BCUT2D eigenvalue weighted by Gasteiger charge is -2.12. The van der Waals surface area contributed by atoms with E-state index < -0.39 is 5.97 Å². The van der Waals surface area contributed by atoms with Crippen LogP contribution < -0.4 is 0 Å². The van der Waals surface area contributed by atoms with Gasteiger partial charge in [0.05, 0.1) is 5.92 Å². The highest BCUT2D eigenvalue weighted by Gasteiger charge is 2.57. The number of carboxylic acids is 1. The standard InChI is InChI=1S/C20H32O2/c1-14-7-5-8-15(2)11-12-17-18(20(17,3)4)13-16(19(21)22)10-6-9-14/h8-9,16-18H,5-7,10-13H2,1-4H3,(H,21,22)/b14-9+,15-8+/t16?,17-,18-/m1/s1. The summed E-state index contributed by atoms with van der Waals surface area (Å²) in [6.07, 6.45) is 11.8. The number of carbonyl (C=O) groups is 1. The Morgan fingerprint density at radius 3 is 2.36 bits per heavy atom. The van der Waals surface area contributed by atoms with Crippen LogP contribution in [0.15, 0.2) is 23.3 Å². The van der Waals surface area contributed by atoms with Crippen molar-refractivity contribution in [2.75, 3.05) is 0 Å². The Hall–Kier alpha value is -1.05. The lowest BCUT2D eigenvalue weighted by atomic mass is 9.93. The molecule has 0 radical (unpaired) electrons. The maximum atomic E-state index is 11.6. The van der Waals surface area contributed by atoms with E-state index in [0.717, 1.165) is 32.1 Å². The average Bonchev–Trinajstić information content (AvgIpc) is 2.94. The molecule has 0 aromatic rings. The molecule has 1 fully saturated rings. The predicted octanol–water partition coefficient (Wildman–Crippen LogP) is 5.60. The van der Waals surface area contributed by atoms with E-state index in [1.54, 1.807) is 0 Å². The van der Waals surface area contributed by atoms with E-state index >= 15 is 0 Å². The fourth-order valence-electron chi connectivity index (χ4n) is 4.21. The maximum absolute atomic E-state index is 11.6. The van der Waals surface area contributed by atoms with E-state index in [0.29, 0.717) is 17.3 Å². The highest BCUT2D eigenvalue weighted by molar-refractivity contribution is 5.70. The molecule has 2 rings (SSSR count). The Morgan fingerprint density at radius 1 is 1.05 bits per heavy atom. The zero-order valence-corrected chi connectivity index (χ0v) is 14.7. The number of carboxylic acid groups (broad SMARTS) is 1. The summed E-state index contributed by atoms with van der Waals surface area (Å²) in [7, 11) is 0. The van der Waals surface area contributed by atoms with Gasteiger partial charge in [0.15, 0.2) is 0 Å². The van der Waals surface area contributed by atoms with Crippen molar-refractivity contribution in [1.82, 2.24) is 0 Å². The molecule has 22 heavy (non-hydrogen) atoms. The molecular weight excluding hydrogens is 272 g/mol. The number of fused-ring (bicyclic) bond motifs is 1. The Balaban J connectivity index is 2.09.